The van der Waals surface area contributed by atoms with Gasteiger partial charge in [-0.1, -0.05) is 0 Å². The van der Waals surface area contributed by atoms with Crippen LogP contribution in [0.15, 0.2) is 18.2 Å². The molecule has 1 aromatic carbocycles. The number of benzene rings is 1. The van der Waals surface area contributed by atoms with Crippen molar-refractivity contribution in [1.82, 2.24) is 14.7 Å². The normalized spacial score (nSPS) is 18.0. The monoisotopic (exact) mass is 420 g/mol. The summed E-state index contributed by atoms with van der Waals surface area (Å²) in [5.74, 6) is 0.00655. The van der Waals surface area contributed by atoms with Gasteiger partial charge in [0.25, 0.3) is 11.6 Å². The zero-order chi connectivity index (χ0) is 21.5. The number of carbonyl (C=O) groups is 1. The molecule has 1 amide bonds. The molecule has 0 radical (unpaired) electrons. The lowest BCUT2D eigenvalue weighted by Gasteiger charge is -2.18. The van der Waals surface area contributed by atoms with Crippen LogP contribution in [0.5, 0.6) is 0 Å². The Morgan fingerprint density at radius 2 is 2.03 bits per heavy atom. The van der Waals surface area contributed by atoms with E-state index in [1.807, 2.05) is 13.8 Å². The van der Waals surface area contributed by atoms with Crippen molar-refractivity contribution in [3.63, 3.8) is 0 Å². The highest BCUT2D eigenvalue weighted by molar-refractivity contribution is 7.91. The molecular weight excluding hydrogens is 396 g/mol. The van der Waals surface area contributed by atoms with Crippen molar-refractivity contribution >= 4 is 21.4 Å². The van der Waals surface area contributed by atoms with Crippen LogP contribution in [0.3, 0.4) is 0 Å². The minimum absolute atomic E-state index is 0.0244. The number of sulfone groups is 1. The molecule has 1 saturated heterocycles. The molecule has 3 rings (SSSR count). The minimum Gasteiger partial charge on any atom is -0.337 e. The van der Waals surface area contributed by atoms with Gasteiger partial charge in [-0.25, -0.2) is 8.42 Å². The summed E-state index contributed by atoms with van der Waals surface area (Å²) in [7, 11) is -1.36. The van der Waals surface area contributed by atoms with E-state index in [1.165, 1.54) is 23.1 Å². The van der Waals surface area contributed by atoms with Gasteiger partial charge in [-0.3, -0.25) is 19.6 Å². The average Bonchev–Trinajstić information content (AvgIpc) is 3.13. The number of carbonyl (C=O) groups excluding carboxylic acids is 1. The maximum absolute atomic E-state index is 12.8. The molecule has 1 fully saturated rings. The van der Waals surface area contributed by atoms with Crippen LogP contribution in [-0.2, 0) is 16.4 Å². The largest absolute Gasteiger partial charge is 0.337 e. The van der Waals surface area contributed by atoms with Gasteiger partial charge in [-0.15, -0.1) is 0 Å². The van der Waals surface area contributed by atoms with Crippen molar-refractivity contribution in [2.24, 2.45) is 0 Å². The van der Waals surface area contributed by atoms with Crippen LogP contribution in [0.2, 0.25) is 0 Å². The van der Waals surface area contributed by atoms with Crippen molar-refractivity contribution in [3.05, 3.63) is 56.4 Å². The van der Waals surface area contributed by atoms with E-state index in [4.69, 9.17) is 0 Å². The lowest BCUT2D eigenvalue weighted by atomic mass is 10.1. The second-order valence-corrected chi connectivity index (χ2v) is 9.80. The van der Waals surface area contributed by atoms with Crippen LogP contribution < -0.4 is 0 Å². The first-order valence-corrected chi connectivity index (χ1v) is 11.1. The Hall–Kier alpha value is -2.75. The summed E-state index contributed by atoms with van der Waals surface area (Å²) in [4.78, 5) is 24.8. The Bertz CT molecular complexity index is 1090. The fourth-order valence-corrected chi connectivity index (χ4v) is 5.46. The number of amides is 1. The maximum atomic E-state index is 12.8. The van der Waals surface area contributed by atoms with E-state index in [2.05, 4.69) is 5.10 Å². The quantitative estimate of drug-likeness (QED) is 0.542. The zero-order valence-corrected chi connectivity index (χ0v) is 17.7. The van der Waals surface area contributed by atoms with Gasteiger partial charge in [0, 0.05) is 42.0 Å². The third kappa shape index (κ3) is 4.16. The van der Waals surface area contributed by atoms with Gasteiger partial charge < -0.3 is 4.90 Å². The van der Waals surface area contributed by atoms with Crippen LogP contribution in [0.1, 0.15) is 45.3 Å². The van der Waals surface area contributed by atoms with E-state index < -0.39 is 14.8 Å². The summed E-state index contributed by atoms with van der Waals surface area (Å²) in [6, 6.07) is 4.14. The number of rotatable bonds is 5. The molecule has 2 heterocycles. The molecule has 0 aliphatic carbocycles. The number of hydrogen-bond donors (Lipinski definition) is 0. The topological polar surface area (TPSA) is 115 Å². The number of nitrogens with zero attached hydrogens (tertiary/aromatic N) is 4. The Morgan fingerprint density at radius 1 is 1.34 bits per heavy atom. The standard InChI is InChI=1S/C19H24N4O5S/c1-12-9-15(5-6-18(12)23(25)26)19(24)21(4)10-17-13(2)20-22(14(17)3)16-7-8-29(27,28)11-16/h5-6,9,16H,7-8,10-11H2,1-4H3/t16-/m1/s1. The van der Waals surface area contributed by atoms with Crippen molar-refractivity contribution in [2.45, 2.75) is 39.8 Å². The molecule has 0 saturated carbocycles. The summed E-state index contributed by atoms with van der Waals surface area (Å²) in [5, 5.41) is 15.5. The first-order chi connectivity index (χ1) is 13.5. The summed E-state index contributed by atoms with van der Waals surface area (Å²) < 4.78 is 25.4. The highest BCUT2D eigenvalue weighted by Crippen LogP contribution is 2.27. The molecule has 2 aromatic rings. The lowest BCUT2D eigenvalue weighted by Crippen LogP contribution is -2.27. The number of nitro benzene ring substituents is 1. The smallest absolute Gasteiger partial charge is 0.272 e. The van der Waals surface area contributed by atoms with Gasteiger partial charge in [-0.2, -0.15) is 5.10 Å². The Labute approximate surface area is 169 Å². The second kappa shape index (κ2) is 7.58. The molecule has 1 atom stereocenters. The molecule has 9 nitrogen and oxygen atoms in total. The fourth-order valence-electron chi connectivity index (χ4n) is 3.77. The molecule has 0 N–H and O–H groups in total. The Morgan fingerprint density at radius 3 is 2.59 bits per heavy atom. The molecule has 156 valence electrons. The van der Waals surface area contributed by atoms with Crippen LogP contribution in [-0.4, -0.2) is 52.5 Å². The fraction of sp³-hybridized carbons (Fsp3) is 0.474. The van der Waals surface area contributed by atoms with Crippen LogP contribution in [0.25, 0.3) is 0 Å². The van der Waals surface area contributed by atoms with Crippen molar-refractivity contribution in [3.8, 4) is 0 Å². The number of nitro groups is 1. The first kappa shape index (κ1) is 21.0. The molecule has 0 spiro atoms. The number of aromatic nitrogens is 2. The predicted octanol–water partition coefficient (Wildman–Crippen LogP) is 2.35. The molecular formula is C19H24N4O5S. The van der Waals surface area contributed by atoms with Gasteiger partial charge in [0.1, 0.15) is 0 Å². The predicted molar refractivity (Wildman–Crippen MR) is 108 cm³/mol. The molecule has 29 heavy (non-hydrogen) atoms. The molecule has 0 bridgehead atoms. The highest BCUT2D eigenvalue weighted by atomic mass is 32.2. The minimum atomic E-state index is -3.02. The van der Waals surface area contributed by atoms with E-state index in [0.29, 0.717) is 24.1 Å². The van der Waals surface area contributed by atoms with Crippen LogP contribution in [0.4, 0.5) is 5.69 Å². The molecule has 10 heteroatoms. The first-order valence-electron chi connectivity index (χ1n) is 9.25. The lowest BCUT2D eigenvalue weighted by molar-refractivity contribution is -0.385. The van der Waals surface area contributed by atoms with E-state index in [-0.39, 0.29) is 29.1 Å². The van der Waals surface area contributed by atoms with E-state index in [1.54, 1.807) is 18.7 Å². The number of hydrogen-bond acceptors (Lipinski definition) is 6. The van der Waals surface area contributed by atoms with Gasteiger partial charge in [0.2, 0.25) is 0 Å². The van der Waals surface area contributed by atoms with Gasteiger partial charge in [-0.05, 0) is 39.3 Å². The highest BCUT2D eigenvalue weighted by Gasteiger charge is 2.31. The third-order valence-electron chi connectivity index (χ3n) is 5.41. The maximum Gasteiger partial charge on any atom is 0.272 e. The van der Waals surface area contributed by atoms with E-state index in [9.17, 15) is 23.3 Å². The van der Waals surface area contributed by atoms with E-state index >= 15 is 0 Å². The van der Waals surface area contributed by atoms with Crippen molar-refractivity contribution < 1.29 is 18.1 Å². The summed E-state index contributed by atoms with van der Waals surface area (Å²) in [6.07, 6.45) is 0.542. The molecule has 1 aliphatic heterocycles. The van der Waals surface area contributed by atoms with Crippen molar-refractivity contribution in [1.29, 1.82) is 0 Å². The Balaban J connectivity index is 1.80. The zero-order valence-electron chi connectivity index (χ0n) is 16.9. The average molecular weight is 420 g/mol. The van der Waals surface area contributed by atoms with E-state index in [0.717, 1.165) is 17.0 Å². The summed E-state index contributed by atoms with van der Waals surface area (Å²) in [5.41, 5.74) is 3.26. The summed E-state index contributed by atoms with van der Waals surface area (Å²) >= 11 is 0. The van der Waals surface area contributed by atoms with Crippen LogP contribution >= 0.6 is 0 Å². The molecule has 1 aromatic heterocycles. The second-order valence-electron chi connectivity index (χ2n) is 7.57. The van der Waals surface area contributed by atoms with Crippen LogP contribution in [0, 0.1) is 30.9 Å². The van der Waals surface area contributed by atoms with Gasteiger partial charge in [0.05, 0.1) is 28.2 Å². The number of aryl methyl sites for hydroxylation is 2. The third-order valence-corrected chi connectivity index (χ3v) is 7.16. The Kier molecular flexibility index (Phi) is 5.48. The molecule has 1 aliphatic rings. The molecule has 0 unspecified atom stereocenters. The summed E-state index contributed by atoms with van der Waals surface area (Å²) in [6.45, 7) is 5.64. The van der Waals surface area contributed by atoms with Gasteiger partial charge >= 0.3 is 0 Å². The SMILES string of the molecule is Cc1cc(C(=O)N(C)Cc2c(C)nn([C@@H]3CCS(=O)(=O)C3)c2C)ccc1[N+](=O)[O-]. The van der Waals surface area contributed by atoms with Crippen molar-refractivity contribution in [2.75, 3.05) is 18.6 Å². The van der Waals surface area contributed by atoms with Gasteiger partial charge in [0.15, 0.2) is 9.84 Å².